The van der Waals surface area contributed by atoms with E-state index in [-0.39, 0.29) is 5.91 Å². The van der Waals surface area contributed by atoms with Gasteiger partial charge in [-0.1, -0.05) is 41.7 Å². The summed E-state index contributed by atoms with van der Waals surface area (Å²) in [5, 5.41) is 8.32. The molecule has 7 heteroatoms. The molecule has 0 bridgehead atoms. The van der Waals surface area contributed by atoms with Gasteiger partial charge in [0.25, 0.3) is 0 Å². The van der Waals surface area contributed by atoms with Crippen molar-refractivity contribution in [3.8, 4) is 17.0 Å². The van der Waals surface area contributed by atoms with Crippen molar-refractivity contribution in [1.29, 1.82) is 0 Å². The molecule has 26 heavy (non-hydrogen) atoms. The molecule has 132 valence electrons. The number of hydrazone groups is 1. The predicted octanol–water partition coefficient (Wildman–Crippen LogP) is 4.22. The van der Waals surface area contributed by atoms with Gasteiger partial charge in [-0.2, -0.15) is 5.10 Å². The molecule has 0 saturated carbocycles. The van der Waals surface area contributed by atoms with Crippen LogP contribution in [0, 0.1) is 0 Å². The van der Waals surface area contributed by atoms with Crippen molar-refractivity contribution < 1.29 is 9.53 Å². The first-order valence-corrected chi connectivity index (χ1v) is 8.74. The van der Waals surface area contributed by atoms with Crippen LogP contribution in [0.1, 0.15) is 12.5 Å². The monoisotopic (exact) mass is 366 g/mol. The van der Waals surface area contributed by atoms with E-state index in [9.17, 15) is 4.79 Å². The van der Waals surface area contributed by atoms with Crippen molar-refractivity contribution in [2.45, 2.75) is 6.92 Å². The van der Waals surface area contributed by atoms with Crippen LogP contribution in [0.2, 0.25) is 0 Å². The number of thiazole rings is 1. The average Bonchev–Trinajstić information content (AvgIpc) is 3.05. The average molecular weight is 366 g/mol. The molecular formula is C19H18N4O2S. The SMILES string of the molecule is COc1ccc(/C=N/Nc2nc(-c3ccccc3)c(NC(C)=O)s2)cc1. The summed E-state index contributed by atoms with van der Waals surface area (Å²) in [6.45, 7) is 1.48. The third-order valence-corrected chi connectivity index (χ3v) is 4.33. The van der Waals surface area contributed by atoms with Gasteiger partial charge in [-0.05, 0) is 29.8 Å². The molecule has 3 rings (SSSR count). The molecule has 2 aromatic carbocycles. The Hall–Kier alpha value is -3.19. The molecule has 0 atom stereocenters. The molecule has 0 spiro atoms. The van der Waals surface area contributed by atoms with Crippen molar-refractivity contribution in [3.05, 3.63) is 60.2 Å². The van der Waals surface area contributed by atoms with E-state index in [4.69, 9.17) is 4.74 Å². The van der Waals surface area contributed by atoms with Crippen molar-refractivity contribution in [2.24, 2.45) is 5.10 Å². The number of hydrogen-bond acceptors (Lipinski definition) is 6. The largest absolute Gasteiger partial charge is 0.497 e. The highest BCUT2D eigenvalue weighted by molar-refractivity contribution is 7.20. The van der Waals surface area contributed by atoms with Crippen LogP contribution in [0.3, 0.4) is 0 Å². The summed E-state index contributed by atoms with van der Waals surface area (Å²) in [5.41, 5.74) is 5.50. The number of anilines is 2. The van der Waals surface area contributed by atoms with Crippen molar-refractivity contribution >= 4 is 33.6 Å². The molecule has 1 heterocycles. The molecule has 0 aliphatic carbocycles. The van der Waals surface area contributed by atoms with Crippen LogP contribution in [0.5, 0.6) is 5.75 Å². The number of nitrogens with zero attached hydrogens (tertiary/aromatic N) is 2. The van der Waals surface area contributed by atoms with Crippen LogP contribution in [-0.2, 0) is 4.79 Å². The molecule has 2 N–H and O–H groups in total. The van der Waals surface area contributed by atoms with Gasteiger partial charge >= 0.3 is 0 Å². The van der Waals surface area contributed by atoms with Crippen LogP contribution in [-0.4, -0.2) is 24.2 Å². The van der Waals surface area contributed by atoms with Gasteiger partial charge in [-0.25, -0.2) is 4.98 Å². The Morgan fingerprint density at radius 1 is 1.15 bits per heavy atom. The lowest BCUT2D eigenvalue weighted by atomic mass is 10.2. The molecule has 0 fully saturated rings. The van der Waals surface area contributed by atoms with Gasteiger partial charge in [0.1, 0.15) is 16.4 Å². The predicted molar refractivity (Wildman–Crippen MR) is 106 cm³/mol. The minimum absolute atomic E-state index is 0.140. The van der Waals surface area contributed by atoms with E-state index in [0.717, 1.165) is 16.9 Å². The highest BCUT2D eigenvalue weighted by Crippen LogP contribution is 2.35. The zero-order valence-corrected chi connectivity index (χ0v) is 15.2. The Kier molecular flexibility index (Phi) is 5.60. The van der Waals surface area contributed by atoms with Crippen molar-refractivity contribution in [1.82, 2.24) is 4.98 Å². The van der Waals surface area contributed by atoms with Gasteiger partial charge in [-0.3, -0.25) is 10.2 Å². The number of carbonyl (C=O) groups excluding carboxylic acids is 1. The summed E-state index contributed by atoms with van der Waals surface area (Å²) in [4.78, 5) is 16.0. The Morgan fingerprint density at radius 2 is 1.88 bits per heavy atom. The van der Waals surface area contributed by atoms with E-state index < -0.39 is 0 Å². The summed E-state index contributed by atoms with van der Waals surface area (Å²) in [7, 11) is 1.63. The molecule has 0 aliphatic rings. The molecule has 1 amide bonds. The lowest BCUT2D eigenvalue weighted by molar-refractivity contribution is -0.114. The minimum atomic E-state index is -0.140. The second-order valence-corrected chi connectivity index (χ2v) is 6.39. The number of nitrogens with one attached hydrogen (secondary N) is 2. The second kappa shape index (κ2) is 8.26. The maximum absolute atomic E-state index is 11.5. The number of carbonyl (C=O) groups is 1. The summed E-state index contributed by atoms with van der Waals surface area (Å²) in [6, 6.07) is 17.2. The number of methoxy groups -OCH3 is 1. The first kappa shape index (κ1) is 17.6. The van der Waals surface area contributed by atoms with Crippen LogP contribution < -0.4 is 15.5 Å². The smallest absolute Gasteiger partial charge is 0.221 e. The quantitative estimate of drug-likeness (QED) is 0.506. The van der Waals surface area contributed by atoms with Gasteiger partial charge in [-0.15, -0.1) is 0 Å². The third kappa shape index (κ3) is 4.46. The van der Waals surface area contributed by atoms with E-state index in [1.54, 1.807) is 13.3 Å². The first-order valence-electron chi connectivity index (χ1n) is 7.92. The third-order valence-electron chi connectivity index (χ3n) is 3.45. The van der Waals surface area contributed by atoms with Crippen LogP contribution in [0.15, 0.2) is 59.7 Å². The van der Waals surface area contributed by atoms with E-state index in [1.807, 2.05) is 54.6 Å². The van der Waals surface area contributed by atoms with Crippen molar-refractivity contribution in [3.63, 3.8) is 0 Å². The zero-order chi connectivity index (χ0) is 18.4. The standard InChI is InChI=1S/C19H18N4O2S/c1-13(24)21-18-17(15-6-4-3-5-7-15)22-19(26-18)23-20-12-14-8-10-16(25-2)11-9-14/h3-12H,1-2H3,(H,21,24)(H,22,23)/b20-12+. The molecule has 3 aromatic rings. The van der Waals surface area contributed by atoms with Gasteiger partial charge in [0, 0.05) is 12.5 Å². The second-order valence-electron chi connectivity index (χ2n) is 5.39. The van der Waals surface area contributed by atoms with Gasteiger partial charge < -0.3 is 10.1 Å². The first-order chi connectivity index (χ1) is 12.7. The van der Waals surface area contributed by atoms with E-state index >= 15 is 0 Å². The number of rotatable bonds is 6. The van der Waals surface area contributed by atoms with E-state index in [1.165, 1.54) is 18.3 Å². The normalized spacial score (nSPS) is 10.7. The highest BCUT2D eigenvalue weighted by Gasteiger charge is 2.13. The Labute approximate surface area is 155 Å². The Balaban J connectivity index is 1.78. The van der Waals surface area contributed by atoms with E-state index in [0.29, 0.717) is 15.8 Å². The van der Waals surface area contributed by atoms with Crippen LogP contribution in [0.4, 0.5) is 10.1 Å². The fourth-order valence-electron chi connectivity index (χ4n) is 2.26. The molecule has 0 unspecified atom stereocenters. The number of amides is 1. The summed E-state index contributed by atoms with van der Waals surface area (Å²) >= 11 is 1.34. The van der Waals surface area contributed by atoms with Crippen LogP contribution >= 0.6 is 11.3 Å². The maximum atomic E-state index is 11.5. The molecule has 0 saturated heterocycles. The van der Waals surface area contributed by atoms with Crippen LogP contribution in [0.25, 0.3) is 11.3 Å². The Bertz CT molecular complexity index is 905. The number of benzene rings is 2. The summed E-state index contributed by atoms with van der Waals surface area (Å²) in [5.74, 6) is 0.654. The fourth-order valence-corrected chi connectivity index (χ4v) is 3.14. The van der Waals surface area contributed by atoms with Gasteiger partial charge in [0.2, 0.25) is 11.0 Å². The van der Waals surface area contributed by atoms with Gasteiger partial charge in [0.05, 0.1) is 13.3 Å². The molecule has 0 aliphatic heterocycles. The minimum Gasteiger partial charge on any atom is -0.497 e. The maximum Gasteiger partial charge on any atom is 0.221 e. The number of aromatic nitrogens is 1. The topological polar surface area (TPSA) is 75.6 Å². The summed E-state index contributed by atoms with van der Waals surface area (Å²) in [6.07, 6.45) is 1.70. The fraction of sp³-hybridized carbons (Fsp3) is 0.105. The van der Waals surface area contributed by atoms with Crippen molar-refractivity contribution in [2.75, 3.05) is 17.9 Å². The zero-order valence-electron chi connectivity index (χ0n) is 14.4. The Morgan fingerprint density at radius 3 is 2.54 bits per heavy atom. The molecule has 0 radical (unpaired) electrons. The van der Waals surface area contributed by atoms with Gasteiger partial charge in [0.15, 0.2) is 0 Å². The van der Waals surface area contributed by atoms with E-state index in [2.05, 4.69) is 20.8 Å². The lowest BCUT2D eigenvalue weighted by Gasteiger charge is -2.01. The molecule has 1 aromatic heterocycles. The number of ether oxygens (including phenoxy) is 1. The number of hydrogen-bond donors (Lipinski definition) is 2. The highest BCUT2D eigenvalue weighted by atomic mass is 32.1. The lowest BCUT2D eigenvalue weighted by Crippen LogP contribution is -2.05. The molecular weight excluding hydrogens is 348 g/mol. The summed E-state index contributed by atoms with van der Waals surface area (Å²) < 4.78 is 5.13. The molecule has 6 nitrogen and oxygen atoms in total.